The van der Waals surface area contributed by atoms with Gasteiger partial charge in [-0.1, -0.05) is 12.2 Å². The van der Waals surface area contributed by atoms with Gasteiger partial charge in [-0.15, -0.1) is 0 Å². The summed E-state index contributed by atoms with van der Waals surface area (Å²) in [5.41, 5.74) is 5.36. The molecule has 0 aromatic carbocycles. The van der Waals surface area contributed by atoms with Gasteiger partial charge in [0.05, 0.1) is 6.61 Å². The first-order valence-corrected chi connectivity index (χ1v) is 4.38. The molecule has 1 aliphatic heterocycles. The number of ether oxygens (including phenoxy) is 1. The van der Waals surface area contributed by atoms with Crippen LogP contribution in [0.25, 0.3) is 0 Å². The lowest BCUT2D eigenvalue weighted by Crippen LogP contribution is -2.15. The lowest BCUT2D eigenvalue weighted by Gasteiger charge is -2.18. The Bertz CT molecular complexity index is 117. The molecule has 1 atom stereocenters. The van der Waals surface area contributed by atoms with E-state index in [4.69, 9.17) is 10.5 Å². The second kappa shape index (κ2) is 5.33. The third kappa shape index (κ3) is 3.54. The van der Waals surface area contributed by atoms with E-state index in [9.17, 15) is 0 Å². The lowest BCUT2D eigenvalue weighted by atomic mass is 10.0. The summed E-state index contributed by atoms with van der Waals surface area (Å²) in [7, 11) is 0. The van der Waals surface area contributed by atoms with Crippen LogP contribution in [-0.2, 0) is 4.74 Å². The van der Waals surface area contributed by atoms with E-state index in [0.717, 1.165) is 26.2 Å². The first-order chi connectivity index (χ1) is 5.43. The molecule has 1 rings (SSSR count). The maximum Gasteiger partial charge on any atom is 0.0528 e. The molecule has 1 heterocycles. The number of hydrogen-bond acceptors (Lipinski definition) is 2. The molecule has 2 heteroatoms. The van der Waals surface area contributed by atoms with Gasteiger partial charge in [0, 0.05) is 12.5 Å². The number of rotatable bonds is 3. The zero-order valence-corrected chi connectivity index (χ0v) is 6.96. The van der Waals surface area contributed by atoms with Crippen molar-refractivity contribution in [1.82, 2.24) is 0 Å². The number of hydrogen-bond donors (Lipinski definition) is 1. The molecule has 0 amide bonds. The zero-order chi connectivity index (χ0) is 7.94. The molecule has 0 spiro atoms. The van der Waals surface area contributed by atoms with E-state index >= 15 is 0 Å². The Labute approximate surface area is 68.4 Å². The lowest BCUT2D eigenvalue weighted by molar-refractivity contribution is 0.0709. The molecule has 1 aliphatic rings. The molecule has 0 aromatic rings. The van der Waals surface area contributed by atoms with Gasteiger partial charge in [-0.2, -0.15) is 0 Å². The van der Waals surface area contributed by atoms with Gasteiger partial charge in [-0.25, -0.2) is 0 Å². The molecule has 2 nitrogen and oxygen atoms in total. The molecule has 1 fully saturated rings. The summed E-state index contributed by atoms with van der Waals surface area (Å²) in [4.78, 5) is 0. The molecule has 1 saturated heterocycles. The predicted molar refractivity (Wildman–Crippen MR) is 46.4 cm³/mol. The summed E-state index contributed by atoms with van der Waals surface area (Å²) in [6.07, 6.45) is 7.89. The van der Waals surface area contributed by atoms with E-state index in [2.05, 4.69) is 12.2 Å². The van der Waals surface area contributed by atoms with Crippen molar-refractivity contribution in [3.8, 4) is 0 Å². The fourth-order valence-electron chi connectivity index (χ4n) is 1.30. The molecule has 1 unspecified atom stereocenters. The summed E-state index contributed by atoms with van der Waals surface area (Å²) >= 11 is 0. The third-order valence-electron chi connectivity index (χ3n) is 1.94. The summed E-state index contributed by atoms with van der Waals surface area (Å²) < 4.78 is 5.33. The van der Waals surface area contributed by atoms with E-state index in [1.165, 1.54) is 12.8 Å². The quantitative estimate of drug-likeness (QED) is 0.624. The zero-order valence-electron chi connectivity index (χ0n) is 6.96. The van der Waals surface area contributed by atoms with Crippen molar-refractivity contribution in [3.05, 3.63) is 12.2 Å². The van der Waals surface area contributed by atoms with Crippen molar-refractivity contribution in [1.29, 1.82) is 0 Å². The molecular formula is C9H17NO. The monoisotopic (exact) mass is 155 g/mol. The van der Waals surface area contributed by atoms with Crippen molar-refractivity contribution in [3.63, 3.8) is 0 Å². The van der Waals surface area contributed by atoms with Crippen LogP contribution >= 0.6 is 0 Å². The van der Waals surface area contributed by atoms with Crippen LogP contribution in [0.5, 0.6) is 0 Å². The molecule has 64 valence electrons. The van der Waals surface area contributed by atoms with E-state index in [1.54, 1.807) is 0 Å². The minimum absolute atomic E-state index is 0.648. The fourth-order valence-corrected chi connectivity index (χ4v) is 1.30. The SMILES string of the molecule is NCCC=CC1CCCOC1. The van der Waals surface area contributed by atoms with Crippen LogP contribution in [0, 0.1) is 5.92 Å². The standard InChI is InChI=1S/C9H17NO/c10-6-2-1-4-9-5-3-7-11-8-9/h1,4,9H,2-3,5-8,10H2. The first kappa shape index (κ1) is 8.75. The second-order valence-electron chi connectivity index (χ2n) is 2.98. The highest BCUT2D eigenvalue weighted by Crippen LogP contribution is 2.14. The molecule has 0 aliphatic carbocycles. The van der Waals surface area contributed by atoms with Crippen LogP contribution in [0.4, 0.5) is 0 Å². The van der Waals surface area contributed by atoms with Gasteiger partial charge >= 0.3 is 0 Å². The fraction of sp³-hybridized carbons (Fsp3) is 0.778. The van der Waals surface area contributed by atoms with Crippen LogP contribution in [0.3, 0.4) is 0 Å². The summed E-state index contributed by atoms with van der Waals surface area (Å²) in [6.45, 7) is 2.60. The molecule has 11 heavy (non-hydrogen) atoms. The normalized spacial score (nSPS) is 26.1. The van der Waals surface area contributed by atoms with Crippen LogP contribution in [0.15, 0.2) is 12.2 Å². The van der Waals surface area contributed by atoms with Gasteiger partial charge in [0.1, 0.15) is 0 Å². The molecule has 2 N–H and O–H groups in total. The molecule has 0 radical (unpaired) electrons. The Morgan fingerprint density at radius 2 is 2.45 bits per heavy atom. The largest absolute Gasteiger partial charge is 0.381 e. The van der Waals surface area contributed by atoms with Gasteiger partial charge in [-0.3, -0.25) is 0 Å². The highest BCUT2D eigenvalue weighted by molar-refractivity contribution is 4.89. The maximum atomic E-state index is 5.36. The highest BCUT2D eigenvalue weighted by Gasteiger charge is 2.09. The Hall–Kier alpha value is -0.340. The molecule has 0 bridgehead atoms. The van der Waals surface area contributed by atoms with Crippen molar-refractivity contribution < 1.29 is 4.74 Å². The van der Waals surface area contributed by atoms with Gasteiger partial charge in [-0.05, 0) is 25.8 Å². The second-order valence-corrected chi connectivity index (χ2v) is 2.98. The van der Waals surface area contributed by atoms with Crippen LogP contribution < -0.4 is 5.73 Å². The van der Waals surface area contributed by atoms with Crippen LogP contribution in [0.2, 0.25) is 0 Å². The number of nitrogens with two attached hydrogens (primary N) is 1. The van der Waals surface area contributed by atoms with Gasteiger partial charge in [0.25, 0.3) is 0 Å². The van der Waals surface area contributed by atoms with Gasteiger partial charge in [0.15, 0.2) is 0 Å². The smallest absolute Gasteiger partial charge is 0.0528 e. The third-order valence-corrected chi connectivity index (χ3v) is 1.94. The summed E-state index contributed by atoms with van der Waals surface area (Å²) in [6, 6.07) is 0. The Morgan fingerprint density at radius 3 is 3.09 bits per heavy atom. The van der Waals surface area contributed by atoms with E-state index in [0.29, 0.717) is 5.92 Å². The summed E-state index contributed by atoms with van der Waals surface area (Å²) in [5.74, 6) is 0.648. The van der Waals surface area contributed by atoms with E-state index in [1.807, 2.05) is 0 Å². The Balaban J connectivity index is 2.13. The minimum Gasteiger partial charge on any atom is -0.381 e. The van der Waals surface area contributed by atoms with Crippen LogP contribution in [0.1, 0.15) is 19.3 Å². The Morgan fingerprint density at radius 1 is 1.55 bits per heavy atom. The van der Waals surface area contributed by atoms with Gasteiger partial charge < -0.3 is 10.5 Å². The average Bonchev–Trinajstić information content (AvgIpc) is 2.07. The van der Waals surface area contributed by atoms with Crippen molar-refractivity contribution in [2.45, 2.75) is 19.3 Å². The molecule has 0 aromatic heterocycles. The maximum absolute atomic E-state index is 5.36. The molecule has 0 saturated carbocycles. The summed E-state index contributed by atoms with van der Waals surface area (Å²) in [5, 5.41) is 0. The van der Waals surface area contributed by atoms with Crippen molar-refractivity contribution in [2.75, 3.05) is 19.8 Å². The highest BCUT2D eigenvalue weighted by atomic mass is 16.5. The topological polar surface area (TPSA) is 35.2 Å². The average molecular weight is 155 g/mol. The van der Waals surface area contributed by atoms with E-state index < -0.39 is 0 Å². The predicted octanol–water partition coefficient (Wildman–Crippen LogP) is 1.32. The van der Waals surface area contributed by atoms with Crippen molar-refractivity contribution >= 4 is 0 Å². The molecular weight excluding hydrogens is 138 g/mol. The van der Waals surface area contributed by atoms with Crippen molar-refractivity contribution in [2.24, 2.45) is 11.7 Å². The van der Waals surface area contributed by atoms with Crippen LogP contribution in [-0.4, -0.2) is 19.8 Å². The first-order valence-electron chi connectivity index (χ1n) is 4.38. The van der Waals surface area contributed by atoms with Gasteiger partial charge in [0.2, 0.25) is 0 Å². The Kier molecular flexibility index (Phi) is 4.24. The van der Waals surface area contributed by atoms with E-state index in [-0.39, 0.29) is 0 Å². The minimum atomic E-state index is 0.648.